The van der Waals surface area contributed by atoms with Crippen molar-refractivity contribution in [3.8, 4) is 5.75 Å². The number of hydrogen-bond acceptors (Lipinski definition) is 2. The summed E-state index contributed by atoms with van der Waals surface area (Å²) in [6, 6.07) is 20.6. The van der Waals surface area contributed by atoms with E-state index in [4.69, 9.17) is 16.3 Å². The lowest BCUT2D eigenvalue weighted by Gasteiger charge is -2.11. The average Bonchev–Trinajstić information content (AvgIpc) is 2.65. The van der Waals surface area contributed by atoms with Gasteiger partial charge >= 0.3 is 0 Å². The van der Waals surface area contributed by atoms with Crippen LogP contribution in [0.15, 0.2) is 66.7 Å². The van der Waals surface area contributed by atoms with Crippen LogP contribution in [0.3, 0.4) is 0 Å². The lowest BCUT2D eigenvalue weighted by atomic mass is 10.1. The normalized spacial score (nSPS) is 10.4. The van der Waals surface area contributed by atoms with E-state index < -0.39 is 0 Å². The molecule has 0 radical (unpaired) electrons. The molecule has 1 N–H and O–H groups in total. The first-order valence-corrected chi connectivity index (χ1v) is 8.76. The molecule has 0 saturated carbocycles. The third-order valence-corrected chi connectivity index (χ3v) is 4.61. The Kier molecular flexibility index (Phi) is 5.59. The van der Waals surface area contributed by atoms with Crippen LogP contribution in [0, 0.1) is 13.8 Å². The zero-order valence-corrected chi connectivity index (χ0v) is 15.5. The predicted octanol–water partition coefficient (Wildman–Crippen LogP) is 5.79. The number of carbonyl (C=O) groups excluding carboxylic acids is 1. The molecule has 0 aliphatic heterocycles. The summed E-state index contributed by atoms with van der Waals surface area (Å²) >= 11 is 6.08. The highest BCUT2D eigenvalue weighted by atomic mass is 35.5. The van der Waals surface area contributed by atoms with Crippen molar-refractivity contribution in [2.45, 2.75) is 20.5 Å². The van der Waals surface area contributed by atoms with Crippen molar-refractivity contribution >= 4 is 23.2 Å². The largest absolute Gasteiger partial charge is 0.487 e. The monoisotopic (exact) mass is 365 g/mol. The van der Waals surface area contributed by atoms with Crippen LogP contribution < -0.4 is 10.1 Å². The number of anilines is 1. The van der Waals surface area contributed by atoms with Gasteiger partial charge in [0.25, 0.3) is 5.91 Å². The molecule has 3 nitrogen and oxygen atoms in total. The average molecular weight is 366 g/mol. The van der Waals surface area contributed by atoms with Gasteiger partial charge in [0, 0.05) is 11.3 Å². The third kappa shape index (κ3) is 4.24. The van der Waals surface area contributed by atoms with Gasteiger partial charge in [-0.2, -0.15) is 0 Å². The summed E-state index contributed by atoms with van der Waals surface area (Å²) in [4.78, 5) is 12.5. The number of rotatable bonds is 5. The van der Waals surface area contributed by atoms with Gasteiger partial charge in [0.15, 0.2) is 0 Å². The van der Waals surface area contributed by atoms with E-state index in [-0.39, 0.29) is 5.91 Å². The quantitative estimate of drug-likeness (QED) is 0.621. The zero-order chi connectivity index (χ0) is 18.5. The lowest BCUT2D eigenvalue weighted by molar-refractivity contribution is 0.102. The third-order valence-electron chi connectivity index (χ3n) is 4.30. The summed E-state index contributed by atoms with van der Waals surface area (Å²) < 4.78 is 5.72. The number of amides is 1. The molecule has 26 heavy (non-hydrogen) atoms. The molecule has 0 fully saturated rings. The Bertz CT molecular complexity index is 920. The van der Waals surface area contributed by atoms with E-state index in [2.05, 4.69) is 5.32 Å². The zero-order valence-electron chi connectivity index (χ0n) is 14.8. The molecule has 0 aromatic heterocycles. The summed E-state index contributed by atoms with van der Waals surface area (Å²) in [6.45, 7) is 4.42. The van der Waals surface area contributed by atoms with Gasteiger partial charge < -0.3 is 10.1 Å². The van der Waals surface area contributed by atoms with Crippen molar-refractivity contribution < 1.29 is 9.53 Å². The minimum atomic E-state index is -0.128. The highest BCUT2D eigenvalue weighted by Crippen LogP contribution is 2.24. The molecule has 0 unspecified atom stereocenters. The molecule has 0 heterocycles. The van der Waals surface area contributed by atoms with Crippen LogP contribution >= 0.6 is 11.6 Å². The number of ether oxygens (including phenoxy) is 1. The van der Waals surface area contributed by atoms with E-state index in [0.717, 1.165) is 22.4 Å². The number of carbonyl (C=O) groups is 1. The second kappa shape index (κ2) is 8.07. The van der Waals surface area contributed by atoms with Crippen LogP contribution in [0.2, 0.25) is 5.02 Å². The Morgan fingerprint density at radius 3 is 2.42 bits per heavy atom. The fraction of sp³-hybridized carbons (Fsp3) is 0.136. The Morgan fingerprint density at radius 2 is 1.69 bits per heavy atom. The summed E-state index contributed by atoms with van der Waals surface area (Å²) in [7, 11) is 0. The Hall–Kier alpha value is -2.78. The van der Waals surface area contributed by atoms with Gasteiger partial charge in [-0.25, -0.2) is 0 Å². The first-order chi connectivity index (χ1) is 12.5. The number of nitrogens with one attached hydrogen (secondary N) is 1. The molecule has 132 valence electrons. The van der Waals surface area contributed by atoms with Gasteiger partial charge in [0.2, 0.25) is 0 Å². The first kappa shape index (κ1) is 18.0. The van der Waals surface area contributed by atoms with Crippen molar-refractivity contribution in [3.05, 3.63) is 94.0 Å². The SMILES string of the molecule is Cc1cccc(NC(=O)c2ccc(COc3ccccc3Cl)cc2)c1C. The summed E-state index contributed by atoms with van der Waals surface area (Å²) in [5.74, 6) is 0.517. The van der Waals surface area contributed by atoms with Crippen LogP contribution in [-0.2, 0) is 6.61 Å². The highest BCUT2D eigenvalue weighted by molar-refractivity contribution is 6.32. The molecule has 0 atom stereocenters. The second-order valence-corrected chi connectivity index (χ2v) is 6.52. The maximum absolute atomic E-state index is 12.5. The van der Waals surface area contributed by atoms with Gasteiger partial charge in [-0.05, 0) is 60.9 Å². The van der Waals surface area contributed by atoms with E-state index in [1.807, 2.05) is 62.4 Å². The lowest BCUT2D eigenvalue weighted by Crippen LogP contribution is -2.13. The Morgan fingerprint density at radius 1 is 0.962 bits per heavy atom. The van der Waals surface area contributed by atoms with Crippen molar-refractivity contribution in [2.75, 3.05) is 5.32 Å². The number of halogens is 1. The van der Waals surface area contributed by atoms with E-state index in [1.165, 1.54) is 0 Å². The minimum absolute atomic E-state index is 0.128. The summed E-state index contributed by atoms with van der Waals surface area (Å²) in [6.07, 6.45) is 0. The molecule has 0 aliphatic carbocycles. The maximum Gasteiger partial charge on any atom is 0.255 e. The predicted molar refractivity (Wildman–Crippen MR) is 106 cm³/mol. The highest BCUT2D eigenvalue weighted by Gasteiger charge is 2.09. The topological polar surface area (TPSA) is 38.3 Å². The van der Waals surface area contributed by atoms with Gasteiger partial charge in [0.1, 0.15) is 12.4 Å². The van der Waals surface area contributed by atoms with E-state index >= 15 is 0 Å². The summed E-state index contributed by atoms with van der Waals surface area (Å²) in [5.41, 5.74) is 4.63. The standard InChI is InChI=1S/C22H20ClNO2/c1-15-6-5-8-20(16(15)2)24-22(25)18-12-10-17(11-13-18)14-26-21-9-4-3-7-19(21)23/h3-13H,14H2,1-2H3,(H,24,25). The second-order valence-electron chi connectivity index (χ2n) is 6.12. The van der Waals surface area contributed by atoms with Crippen molar-refractivity contribution in [1.82, 2.24) is 0 Å². The molecule has 0 spiro atoms. The van der Waals surface area contributed by atoms with Gasteiger partial charge in [-0.1, -0.05) is 48.0 Å². The molecule has 3 aromatic rings. The van der Waals surface area contributed by atoms with Crippen LogP contribution in [0.4, 0.5) is 5.69 Å². The first-order valence-electron chi connectivity index (χ1n) is 8.38. The van der Waals surface area contributed by atoms with Crippen molar-refractivity contribution in [1.29, 1.82) is 0 Å². The molecule has 0 bridgehead atoms. The van der Waals surface area contributed by atoms with Crippen LogP contribution in [-0.4, -0.2) is 5.91 Å². The molecular weight excluding hydrogens is 346 g/mol. The van der Waals surface area contributed by atoms with E-state index in [1.54, 1.807) is 18.2 Å². The summed E-state index contributed by atoms with van der Waals surface area (Å²) in [5, 5.41) is 3.55. The Balaban J connectivity index is 1.64. The van der Waals surface area contributed by atoms with Gasteiger partial charge in [0.05, 0.1) is 5.02 Å². The fourth-order valence-corrected chi connectivity index (χ4v) is 2.75. The number of para-hydroxylation sites is 1. The van der Waals surface area contributed by atoms with Gasteiger partial charge in [-0.3, -0.25) is 4.79 Å². The molecular formula is C22H20ClNO2. The maximum atomic E-state index is 12.5. The fourth-order valence-electron chi connectivity index (χ4n) is 2.56. The van der Waals surface area contributed by atoms with E-state index in [9.17, 15) is 4.79 Å². The smallest absolute Gasteiger partial charge is 0.255 e. The van der Waals surface area contributed by atoms with Crippen LogP contribution in [0.5, 0.6) is 5.75 Å². The van der Waals surface area contributed by atoms with Gasteiger partial charge in [-0.15, -0.1) is 0 Å². The Labute approximate surface area is 158 Å². The number of benzene rings is 3. The molecule has 0 saturated heterocycles. The number of aryl methyl sites for hydroxylation is 1. The number of hydrogen-bond donors (Lipinski definition) is 1. The van der Waals surface area contributed by atoms with Crippen LogP contribution in [0.25, 0.3) is 0 Å². The molecule has 3 rings (SSSR count). The molecule has 3 aromatic carbocycles. The minimum Gasteiger partial charge on any atom is -0.487 e. The van der Waals surface area contributed by atoms with Crippen molar-refractivity contribution in [2.24, 2.45) is 0 Å². The molecule has 4 heteroatoms. The van der Waals surface area contributed by atoms with E-state index in [0.29, 0.717) is 22.9 Å². The molecule has 0 aliphatic rings. The van der Waals surface area contributed by atoms with Crippen molar-refractivity contribution in [3.63, 3.8) is 0 Å². The van der Waals surface area contributed by atoms with Crippen LogP contribution in [0.1, 0.15) is 27.0 Å². The molecule has 1 amide bonds.